The number of esters is 1. The molecule has 0 bridgehead atoms. The number of rotatable bonds is 7. The fourth-order valence-corrected chi connectivity index (χ4v) is 3.44. The van der Waals surface area contributed by atoms with Crippen molar-refractivity contribution in [3.05, 3.63) is 17.7 Å². The number of carbonyl (C=O) groups is 1. The van der Waals surface area contributed by atoms with E-state index in [0.717, 1.165) is 31.5 Å². The van der Waals surface area contributed by atoms with E-state index in [1.807, 2.05) is 13.8 Å². The number of nitrogens with two attached hydrogens (primary N) is 1. The van der Waals surface area contributed by atoms with E-state index in [2.05, 4.69) is 5.32 Å². The highest BCUT2D eigenvalue weighted by molar-refractivity contribution is 5.74. The number of hydrogen-bond acceptors (Lipinski definition) is 5. The molecule has 1 fully saturated rings. The fraction of sp³-hybridized carbons (Fsp3) is 0.632. The van der Waals surface area contributed by atoms with Gasteiger partial charge in [0.2, 0.25) is 5.75 Å². The van der Waals surface area contributed by atoms with Crippen LogP contribution in [0.3, 0.4) is 0 Å². The highest BCUT2D eigenvalue weighted by Crippen LogP contribution is 2.38. The van der Waals surface area contributed by atoms with Gasteiger partial charge in [-0.15, -0.1) is 0 Å². The van der Waals surface area contributed by atoms with Gasteiger partial charge in [-0.2, -0.15) is 0 Å². The van der Waals surface area contributed by atoms with Crippen molar-refractivity contribution < 1.29 is 29.1 Å². The Bertz CT molecular complexity index is 568. The molecule has 0 saturated carbocycles. The Kier molecular flexibility index (Phi) is 6.53. The Morgan fingerprint density at radius 3 is 2.12 bits per heavy atom. The first kappa shape index (κ1) is 19.4. The summed E-state index contributed by atoms with van der Waals surface area (Å²) in [5, 5.41) is 2.31. The molecule has 1 heterocycles. The Hall–Kier alpha value is -1.95. The lowest BCUT2D eigenvalue weighted by atomic mass is 9.83. The minimum atomic E-state index is -0.452. The van der Waals surface area contributed by atoms with Gasteiger partial charge < -0.3 is 24.3 Å². The van der Waals surface area contributed by atoms with Crippen LogP contribution in [0.5, 0.6) is 17.2 Å². The second kappa shape index (κ2) is 8.43. The first-order valence-electron chi connectivity index (χ1n) is 8.73. The molecular formula is C19H30NO5+. The lowest BCUT2D eigenvalue weighted by molar-refractivity contribution is -0.665. The maximum absolute atomic E-state index is 12.5. The van der Waals surface area contributed by atoms with Gasteiger partial charge in [-0.25, -0.2) is 0 Å². The van der Waals surface area contributed by atoms with Crippen LogP contribution in [-0.4, -0.2) is 46.0 Å². The van der Waals surface area contributed by atoms with Gasteiger partial charge in [0.25, 0.3) is 0 Å². The van der Waals surface area contributed by atoms with Gasteiger partial charge in [0.15, 0.2) is 11.5 Å². The van der Waals surface area contributed by atoms with Crippen LogP contribution in [0.25, 0.3) is 0 Å². The molecule has 0 amide bonds. The molecule has 6 nitrogen and oxygen atoms in total. The third-order valence-corrected chi connectivity index (χ3v) is 4.87. The summed E-state index contributed by atoms with van der Waals surface area (Å²) in [6, 6.07) is 3.57. The number of benzene rings is 1. The number of carbonyl (C=O) groups excluding carboxylic acids is 1. The summed E-state index contributed by atoms with van der Waals surface area (Å²) in [4.78, 5) is 12.5. The highest BCUT2D eigenvalue weighted by Gasteiger charge is 2.35. The molecule has 140 valence electrons. The predicted molar refractivity (Wildman–Crippen MR) is 94.4 cm³/mol. The van der Waals surface area contributed by atoms with E-state index in [0.29, 0.717) is 23.2 Å². The summed E-state index contributed by atoms with van der Waals surface area (Å²) in [6.45, 7) is 6.21. The fourth-order valence-electron chi connectivity index (χ4n) is 3.44. The Morgan fingerprint density at radius 2 is 1.64 bits per heavy atom. The predicted octanol–water partition coefficient (Wildman–Crippen LogP) is 1.55. The van der Waals surface area contributed by atoms with Crippen LogP contribution >= 0.6 is 0 Å². The van der Waals surface area contributed by atoms with Gasteiger partial charge in [-0.1, -0.05) is 0 Å². The van der Waals surface area contributed by atoms with Crippen molar-refractivity contribution in [2.45, 2.75) is 38.7 Å². The van der Waals surface area contributed by atoms with Gasteiger partial charge in [-0.05, 0) is 31.5 Å². The van der Waals surface area contributed by atoms with Crippen LogP contribution in [0.15, 0.2) is 12.1 Å². The lowest BCUT2D eigenvalue weighted by Crippen LogP contribution is -2.86. The number of hydrogen-bond donors (Lipinski definition) is 1. The third-order valence-electron chi connectivity index (χ3n) is 4.87. The van der Waals surface area contributed by atoms with E-state index in [-0.39, 0.29) is 12.4 Å². The minimum Gasteiger partial charge on any atom is -0.493 e. The molecule has 0 aromatic heterocycles. The number of methoxy groups -OCH3 is 3. The summed E-state index contributed by atoms with van der Waals surface area (Å²) >= 11 is 0. The first-order valence-corrected chi connectivity index (χ1v) is 8.73. The smallest absolute Gasteiger partial charge is 0.310 e. The Labute approximate surface area is 149 Å². The summed E-state index contributed by atoms with van der Waals surface area (Å²) < 4.78 is 21.8. The molecule has 1 aromatic rings. The van der Waals surface area contributed by atoms with Crippen molar-refractivity contribution in [1.29, 1.82) is 0 Å². The Balaban J connectivity index is 2.09. The zero-order valence-electron chi connectivity index (χ0n) is 15.9. The number of quaternary nitrogens is 1. The number of ether oxygens (including phenoxy) is 4. The summed E-state index contributed by atoms with van der Waals surface area (Å²) in [6.07, 6.45) is 2.31. The standard InChI is InChI=1S/C19H29NO5/c1-19(2,14-6-8-20-9-7-14)25-17(21)12-13-10-15(22-3)18(24-5)16(11-13)23-4/h10-11,14,20H,6-9,12H2,1-5H3/p+1. The highest BCUT2D eigenvalue weighted by atomic mass is 16.6. The average Bonchev–Trinajstić information content (AvgIpc) is 2.60. The molecule has 0 spiro atoms. The van der Waals surface area contributed by atoms with Crippen LogP contribution in [0, 0.1) is 5.92 Å². The molecule has 0 radical (unpaired) electrons. The second-order valence-corrected chi connectivity index (χ2v) is 6.93. The molecule has 0 aliphatic carbocycles. The molecule has 25 heavy (non-hydrogen) atoms. The van der Waals surface area contributed by atoms with Crippen LogP contribution in [0.2, 0.25) is 0 Å². The SMILES string of the molecule is COc1cc(CC(=O)OC(C)(C)C2CC[NH2+]CC2)cc(OC)c1OC. The monoisotopic (exact) mass is 352 g/mol. The van der Waals surface area contributed by atoms with Crippen molar-refractivity contribution in [2.24, 2.45) is 5.92 Å². The molecule has 2 rings (SSSR count). The summed E-state index contributed by atoms with van der Waals surface area (Å²) in [7, 11) is 4.67. The van der Waals surface area contributed by atoms with E-state index in [4.69, 9.17) is 18.9 Å². The average molecular weight is 352 g/mol. The third kappa shape index (κ3) is 4.78. The van der Waals surface area contributed by atoms with Gasteiger partial charge in [-0.3, -0.25) is 4.79 Å². The van der Waals surface area contributed by atoms with Crippen LogP contribution in [0.1, 0.15) is 32.3 Å². The van der Waals surface area contributed by atoms with Crippen molar-refractivity contribution in [2.75, 3.05) is 34.4 Å². The van der Waals surface area contributed by atoms with Crippen LogP contribution in [0.4, 0.5) is 0 Å². The lowest BCUT2D eigenvalue weighted by Gasteiger charge is -2.35. The van der Waals surface area contributed by atoms with Crippen molar-refractivity contribution in [1.82, 2.24) is 0 Å². The minimum absolute atomic E-state index is 0.166. The number of piperidine rings is 1. The van der Waals surface area contributed by atoms with E-state index in [1.54, 1.807) is 33.5 Å². The van der Waals surface area contributed by atoms with Gasteiger partial charge in [0.05, 0.1) is 40.8 Å². The van der Waals surface area contributed by atoms with Gasteiger partial charge in [0, 0.05) is 18.8 Å². The van der Waals surface area contributed by atoms with E-state index < -0.39 is 5.60 Å². The maximum Gasteiger partial charge on any atom is 0.310 e. The van der Waals surface area contributed by atoms with Crippen molar-refractivity contribution >= 4 is 5.97 Å². The molecule has 1 aliphatic rings. The largest absolute Gasteiger partial charge is 0.493 e. The van der Waals surface area contributed by atoms with Crippen LogP contribution in [-0.2, 0) is 16.0 Å². The molecular weight excluding hydrogens is 322 g/mol. The van der Waals surface area contributed by atoms with Crippen molar-refractivity contribution in [3.63, 3.8) is 0 Å². The molecule has 1 saturated heterocycles. The normalized spacial score (nSPS) is 15.6. The summed E-state index contributed by atoms with van der Waals surface area (Å²) in [5.41, 5.74) is 0.318. The molecule has 2 N–H and O–H groups in total. The topological polar surface area (TPSA) is 70.6 Å². The van der Waals surface area contributed by atoms with E-state index in [1.165, 1.54) is 0 Å². The molecule has 0 unspecified atom stereocenters. The van der Waals surface area contributed by atoms with Crippen molar-refractivity contribution in [3.8, 4) is 17.2 Å². The van der Waals surface area contributed by atoms with Gasteiger partial charge in [0.1, 0.15) is 5.60 Å². The first-order chi connectivity index (χ1) is 11.9. The quantitative estimate of drug-likeness (QED) is 0.754. The molecule has 0 atom stereocenters. The maximum atomic E-state index is 12.5. The van der Waals surface area contributed by atoms with E-state index >= 15 is 0 Å². The molecule has 1 aromatic carbocycles. The zero-order valence-corrected chi connectivity index (χ0v) is 15.9. The second-order valence-electron chi connectivity index (χ2n) is 6.93. The summed E-state index contributed by atoms with van der Waals surface area (Å²) in [5.74, 6) is 1.74. The van der Waals surface area contributed by atoms with Gasteiger partial charge >= 0.3 is 5.97 Å². The van der Waals surface area contributed by atoms with Crippen LogP contribution < -0.4 is 19.5 Å². The Morgan fingerprint density at radius 1 is 1.08 bits per heavy atom. The zero-order chi connectivity index (χ0) is 18.4. The molecule has 1 aliphatic heterocycles. The molecule has 6 heteroatoms. The van der Waals surface area contributed by atoms with E-state index in [9.17, 15) is 4.79 Å².